The van der Waals surface area contributed by atoms with Crippen LogP contribution in [0.25, 0.3) is 0 Å². The highest BCUT2D eigenvalue weighted by molar-refractivity contribution is 7.99. The Morgan fingerprint density at radius 3 is 2.86 bits per heavy atom. The van der Waals surface area contributed by atoms with Gasteiger partial charge in [0.15, 0.2) is 6.10 Å². The first-order valence-electron chi connectivity index (χ1n) is 8.87. The van der Waals surface area contributed by atoms with E-state index in [1.165, 1.54) is 41.6 Å². The molecule has 0 spiro atoms. The summed E-state index contributed by atoms with van der Waals surface area (Å²) in [6.07, 6.45) is 0.378. The SMILES string of the molecule is C[C@@H](Oc1ccc(F)cc1)c1nnc(SCC(=O)N2CCc3ccccc32)o1. The zero-order valence-corrected chi connectivity index (χ0v) is 16.0. The molecule has 1 aromatic heterocycles. The van der Waals surface area contributed by atoms with E-state index in [-0.39, 0.29) is 17.5 Å². The molecule has 1 aliphatic heterocycles. The molecule has 0 aliphatic carbocycles. The number of amides is 1. The first-order chi connectivity index (χ1) is 13.6. The van der Waals surface area contributed by atoms with Crippen LogP contribution in [0.4, 0.5) is 10.1 Å². The van der Waals surface area contributed by atoms with Crippen molar-refractivity contribution in [3.8, 4) is 5.75 Å². The van der Waals surface area contributed by atoms with E-state index in [1.807, 2.05) is 24.3 Å². The van der Waals surface area contributed by atoms with Gasteiger partial charge in [-0.25, -0.2) is 4.39 Å². The number of hydrogen-bond acceptors (Lipinski definition) is 6. The summed E-state index contributed by atoms with van der Waals surface area (Å²) in [6, 6.07) is 13.6. The van der Waals surface area contributed by atoms with Gasteiger partial charge in [0.25, 0.3) is 11.1 Å². The molecule has 28 heavy (non-hydrogen) atoms. The van der Waals surface area contributed by atoms with Crippen molar-refractivity contribution in [2.24, 2.45) is 0 Å². The number of ether oxygens (including phenoxy) is 1. The Balaban J connectivity index is 1.33. The molecule has 3 aromatic rings. The zero-order valence-electron chi connectivity index (χ0n) is 15.2. The van der Waals surface area contributed by atoms with Gasteiger partial charge in [-0.2, -0.15) is 0 Å². The van der Waals surface area contributed by atoms with Crippen LogP contribution in [0.2, 0.25) is 0 Å². The Morgan fingerprint density at radius 2 is 2.04 bits per heavy atom. The summed E-state index contributed by atoms with van der Waals surface area (Å²) in [6.45, 7) is 2.45. The quantitative estimate of drug-likeness (QED) is 0.583. The van der Waals surface area contributed by atoms with Crippen LogP contribution in [-0.4, -0.2) is 28.4 Å². The van der Waals surface area contributed by atoms with Crippen LogP contribution in [-0.2, 0) is 11.2 Å². The molecule has 2 heterocycles. The van der Waals surface area contributed by atoms with Gasteiger partial charge in [0.1, 0.15) is 11.6 Å². The number of carbonyl (C=O) groups is 1. The van der Waals surface area contributed by atoms with Gasteiger partial charge < -0.3 is 14.1 Å². The predicted molar refractivity (Wildman–Crippen MR) is 103 cm³/mol. The van der Waals surface area contributed by atoms with Crippen LogP contribution in [0.15, 0.2) is 58.2 Å². The molecule has 2 aromatic carbocycles. The maximum absolute atomic E-state index is 13.0. The number of fused-ring (bicyclic) bond motifs is 1. The first-order valence-corrected chi connectivity index (χ1v) is 9.85. The monoisotopic (exact) mass is 399 g/mol. The minimum absolute atomic E-state index is 0.00492. The lowest BCUT2D eigenvalue weighted by Gasteiger charge is -2.16. The molecule has 0 fully saturated rings. The molecule has 0 radical (unpaired) electrons. The molecule has 8 heteroatoms. The van der Waals surface area contributed by atoms with Gasteiger partial charge in [-0.05, 0) is 49.2 Å². The molecule has 0 saturated carbocycles. The van der Waals surface area contributed by atoms with Crippen molar-refractivity contribution < 1.29 is 18.3 Å². The van der Waals surface area contributed by atoms with E-state index in [0.29, 0.717) is 23.4 Å². The summed E-state index contributed by atoms with van der Waals surface area (Å²) < 4.78 is 24.2. The highest BCUT2D eigenvalue weighted by atomic mass is 32.2. The second-order valence-electron chi connectivity index (χ2n) is 6.33. The minimum atomic E-state index is -0.492. The molecule has 144 valence electrons. The summed E-state index contributed by atoms with van der Waals surface area (Å²) >= 11 is 1.20. The van der Waals surface area contributed by atoms with E-state index in [1.54, 1.807) is 11.8 Å². The molecule has 0 bridgehead atoms. The van der Waals surface area contributed by atoms with E-state index in [2.05, 4.69) is 10.2 Å². The molecule has 0 unspecified atom stereocenters. The molecular weight excluding hydrogens is 381 g/mol. The smallest absolute Gasteiger partial charge is 0.277 e. The van der Waals surface area contributed by atoms with Gasteiger partial charge in [-0.1, -0.05) is 30.0 Å². The van der Waals surface area contributed by atoms with Crippen molar-refractivity contribution in [1.29, 1.82) is 0 Å². The largest absolute Gasteiger partial charge is 0.481 e. The van der Waals surface area contributed by atoms with Gasteiger partial charge in [0, 0.05) is 12.2 Å². The lowest BCUT2D eigenvalue weighted by Crippen LogP contribution is -2.30. The minimum Gasteiger partial charge on any atom is -0.481 e. The number of aromatic nitrogens is 2. The van der Waals surface area contributed by atoms with E-state index < -0.39 is 6.10 Å². The summed E-state index contributed by atoms with van der Waals surface area (Å²) in [4.78, 5) is 14.3. The van der Waals surface area contributed by atoms with Gasteiger partial charge >= 0.3 is 0 Å². The third-order valence-corrected chi connectivity index (χ3v) is 5.21. The number of para-hydroxylation sites is 1. The number of carbonyl (C=O) groups excluding carboxylic acids is 1. The molecule has 1 amide bonds. The fraction of sp³-hybridized carbons (Fsp3) is 0.250. The Bertz CT molecular complexity index is 977. The number of rotatable bonds is 6. The van der Waals surface area contributed by atoms with Crippen molar-refractivity contribution in [3.05, 3.63) is 65.8 Å². The van der Waals surface area contributed by atoms with Crippen LogP contribution in [0.5, 0.6) is 5.75 Å². The molecule has 0 N–H and O–H groups in total. The third kappa shape index (κ3) is 4.01. The number of nitrogens with zero attached hydrogens (tertiary/aromatic N) is 3. The molecule has 1 aliphatic rings. The molecule has 4 rings (SSSR count). The Morgan fingerprint density at radius 1 is 1.25 bits per heavy atom. The predicted octanol–water partition coefficient (Wildman–Crippen LogP) is 4.03. The average molecular weight is 399 g/mol. The van der Waals surface area contributed by atoms with Crippen molar-refractivity contribution >= 4 is 23.4 Å². The molecule has 1 atom stereocenters. The second kappa shape index (κ2) is 8.02. The highest BCUT2D eigenvalue weighted by Crippen LogP contribution is 2.29. The molecule has 0 saturated heterocycles. The van der Waals surface area contributed by atoms with Crippen LogP contribution in [0.1, 0.15) is 24.5 Å². The number of halogens is 1. The summed E-state index contributed by atoms with van der Waals surface area (Å²) in [7, 11) is 0. The van der Waals surface area contributed by atoms with E-state index in [4.69, 9.17) is 9.15 Å². The Kier molecular flexibility index (Phi) is 5.29. The van der Waals surface area contributed by atoms with Crippen molar-refractivity contribution in [3.63, 3.8) is 0 Å². The lowest BCUT2D eigenvalue weighted by molar-refractivity contribution is -0.116. The number of hydrogen-bond donors (Lipinski definition) is 0. The van der Waals surface area contributed by atoms with Crippen LogP contribution >= 0.6 is 11.8 Å². The first kappa shape index (κ1) is 18.5. The van der Waals surface area contributed by atoms with Crippen molar-refractivity contribution in [2.75, 3.05) is 17.2 Å². The van der Waals surface area contributed by atoms with Crippen molar-refractivity contribution in [1.82, 2.24) is 10.2 Å². The maximum atomic E-state index is 13.0. The Hall–Kier alpha value is -2.87. The van der Waals surface area contributed by atoms with Gasteiger partial charge in [0.05, 0.1) is 5.75 Å². The average Bonchev–Trinajstić information content (AvgIpc) is 3.35. The number of anilines is 1. The Labute approximate surface area is 165 Å². The molecule has 6 nitrogen and oxygen atoms in total. The maximum Gasteiger partial charge on any atom is 0.277 e. The lowest BCUT2D eigenvalue weighted by atomic mass is 10.2. The standard InChI is InChI=1S/C20H18FN3O3S/c1-13(26-16-8-6-15(21)7-9-16)19-22-23-20(27-19)28-12-18(25)24-11-10-14-4-2-3-5-17(14)24/h2-9,13H,10-12H2,1H3/t13-/m1/s1. The van der Waals surface area contributed by atoms with E-state index in [9.17, 15) is 9.18 Å². The van der Waals surface area contributed by atoms with Crippen molar-refractivity contribution in [2.45, 2.75) is 24.7 Å². The van der Waals surface area contributed by atoms with Crippen LogP contribution in [0, 0.1) is 5.82 Å². The van der Waals surface area contributed by atoms with Gasteiger partial charge in [-0.15, -0.1) is 10.2 Å². The third-order valence-electron chi connectivity index (χ3n) is 4.40. The summed E-state index contributed by atoms with van der Waals surface area (Å²) in [5.41, 5.74) is 2.16. The fourth-order valence-corrected chi connectivity index (χ4v) is 3.66. The second-order valence-corrected chi connectivity index (χ2v) is 7.26. The summed E-state index contributed by atoms with van der Waals surface area (Å²) in [5, 5.41) is 8.26. The van der Waals surface area contributed by atoms with E-state index >= 15 is 0 Å². The molecular formula is C20H18FN3O3S. The zero-order chi connectivity index (χ0) is 19.5. The number of thioether (sulfide) groups is 1. The van der Waals surface area contributed by atoms with Gasteiger partial charge in [0.2, 0.25) is 5.91 Å². The van der Waals surface area contributed by atoms with Crippen LogP contribution in [0.3, 0.4) is 0 Å². The van der Waals surface area contributed by atoms with E-state index in [0.717, 1.165) is 12.1 Å². The highest BCUT2D eigenvalue weighted by Gasteiger charge is 2.25. The van der Waals surface area contributed by atoms with Crippen LogP contribution < -0.4 is 9.64 Å². The topological polar surface area (TPSA) is 68.5 Å². The normalized spacial score (nSPS) is 14.0. The fourth-order valence-electron chi connectivity index (χ4n) is 3.01. The summed E-state index contributed by atoms with van der Waals surface area (Å²) in [5.74, 6) is 0.686. The number of benzene rings is 2. The van der Waals surface area contributed by atoms with Gasteiger partial charge in [-0.3, -0.25) is 4.79 Å².